The van der Waals surface area contributed by atoms with Crippen molar-refractivity contribution in [3.8, 4) is 17.0 Å². The molecule has 1 amide bonds. The number of ether oxygens (including phenoxy) is 2. The number of benzene rings is 2. The zero-order valence-electron chi connectivity index (χ0n) is 21.3. The summed E-state index contributed by atoms with van der Waals surface area (Å²) in [7, 11) is 0. The fourth-order valence-corrected chi connectivity index (χ4v) is 3.38. The van der Waals surface area contributed by atoms with E-state index in [4.69, 9.17) is 13.9 Å². The van der Waals surface area contributed by atoms with Crippen molar-refractivity contribution in [2.45, 2.75) is 60.3 Å². The number of fused-ring (bicyclic) bond motifs is 1. The van der Waals surface area contributed by atoms with E-state index < -0.39 is 5.60 Å². The molecule has 2 aromatic heterocycles. The average molecular weight is 479 g/mol. The molecule has 0 atom stereocenters. The number of aromatic amines is 1. The first-order valence-corrected chi connectivity index (χ1v) is 11.9. The van der Waals surface area contributed by atoms with Gasteiger partial charge in [-0.3, -0.25) is 0 Å². The van der Waals surface area contributed by atoms with Crippen LogP contribution in [0.15, 0.2) is 59.5 Å². The second kappa shape index (κ2) is 11.6. The standard InChI is InChI=1S/C25H28N4O4.C2H6/c1-5-29(24(30)33-25(2,3)4)14-21-26-13-19(28-21)18-11-12-20(22-23(18)32-16-27-22)31-15-17-9-7-6-8-10-17;1-2/h6-13,16H,5,14-15H2,1-4H3,(H,26,28);1-2H3. The molecule has 4 aromatic rings. The number of imidazole rings is 1. The molecule has 0 saturated heterocycles. The Labute approximate surface area is 206 Å². The smallest absolute Gasteiger partial charge is 0.410 e. The number of hydrogen-bond acceptors (Lipinski definition) is 6. The number of hydrogen-bond donors (Lipinski definition) is 1. The van der Waals surface area contributed by atoms with Crippen LogP contribution in [0.25, 0.3) is 22.4 Å². The minimum atomic E-state index is -0.555. The van der Waals surface area contributed by atoms with Gasteiger partial charge in [-0.15, -0.1) is 0 Å². The van der Waals surface area contributed by atoms with E-state index in [1.165, 1.54) is 6.39 Å². The van der Waals surface area contributed by atoms with Gasteiger partial charge in [-0.05, 0) is 45.4 Å². The quantitative estimate of drug-likeness (QED) is 0.322. The van der Waals surface area contributed by atoms with E-state index in [0.717, 1.165) is 16.8 Å². The topological polar surface area (TPSA) is 93.5 Å². The molecule has 0 saturated carbocycles. The molecule has 0 radical (unpaired) electrons. The van der Waals surface area contributed by atoms with Gasteiger partial charge in [-0.1, -0.05) is 44.2 Å². The van der Waals surface area contributed by atoms with E-state index in [-0.39, 0.29) is 6.09 Å². The van der Waals surface area contributed by atoms with Crippen molar-refractivity contribution < 1.29 is 18.7 Å². The maximum absolute atomic E-state index is 12.4. The molecule has 0 fully saturated rings. The maximum atomic E-state index is 12.4. The number of rotatable bonds is 7. The highest BCUT2D eigenvalue weighted by Gasteiger charge is 2.22. The minimum absolute atomic E-state index is 0.309. The lowest BCUT2D eigenvalue weighted by Crippen LogP contribution is -2.36. The molecule has 2 aromatic carbocycles. The van der Waals surface area contributed by atoms with Gasteiger partial charge in [0.1, 0.15) is 23.8 Å². The zero-order chi connectivity index (χ0) is 25.4. The predicted molar refractivity (Wildman–Crippen MR) is 136 cm³/mol. The first-order chi connectivity index (χ1) is 16.8. The van der Waals surface area contributed by atoms with Gasteiger partial charge in [0.25, 0.3) is 0 Å². The van der Waals surface area contributed by atoms with E-state index in [9.17, 15) is 4.79 Å². The Hall–Kier alpha value is -3.81. The van der Waals surface area contributed by atoms with Crippen molar-refractivity contribution in [3.63, 3.8) is 0 Å². The van der Waals surface area contributed by atoms with Crippen LogP contribution < -0.4 is 4.74 Å². The Morgan fingerprint density at radius 2 is 1.83 bits per heavy atom. The fraction of sp³-hybridized carbons (Fsp3) is 0.370. The summed E-state index contributed by atoms with van der Waals surface area (Å²) in [6, 6.07) is 13.7. The summed E-state index contributed by atoms with van der Waals surface area (Å²) in [4.78, 5) is 26.1. The number of H-pyrrole nitrogens is 1. The normalized spacial score (nSPS) is 11.0. The number of amides is 1. The zero-order valence-corrected chi connectivity index (χ0v) is 21.3. The van der Waals surface area contributed by atoms with Crippen molar-refractivity contribution in [3.05, 3.63) is 66.4 Å². The summed E-state index contributed by atoms with van der Waals surface area (Å²) >= 11 is 0. The van der Waals surface area contributed by atoms with E-state index >= 15 is 0 Å². The van der Waals surface area contributed by atoms with Crippen molar-refractivity contribution >= 4 is 17.2 Å². The number of carbonyl (C=O) groups is 1. The first-order valence-electron chi connectivity index (χ1n) is 11.9. The molecule has 0 aliphatic heterocycles. The van der Waals surface area contributed by atoms with Crippen molar-refractivity contribution in [2.75, 3.05) is 6.54 Å². The molecule has 0 bridgehead atoms. The number of carbonyl (C=O) groups excluding carboxylic acids is 1. The van der Waals surface area contributed by atoms with Crippen LogP contribution in [-0.2, 0) is 17.9 Å². The van der Waals surface area contributed by atoms with Crippen LogP contribution in [0, 0.1) is 0 Å². The third-order valence-electron chi connectivity index (χ3n) is 4.98. The van der Waals surface area contributed by atoms with Crippen LogP contribution in [0.2, 0.25) is 0 Å². The van der Waals surface area contributed by atoms with Gasteiger partial charge in [0.05, 0.1) is 18.4 Å². The Bertz CT molecular complexity index is 1220. The van der Waals surface area contributed by atoms with Crippen LogP contribution in [0.3, 0.4) is 0 Å². The highest BCUT2D eigenvalue weighted by atomic mass is 16.6. The van der Waals surface area contributed by atoms with E-state index in [0.29, 0.717) is 42.4 Å². The minimum Gasteiger partial charge on any atom is -0.486 e. The average Bonchev–Trinajstić information content (AvgIpc) is 3.52. The van der Waals surface area contributed by atoms with Gasteiger partial charge in [-0.2, -0.15) is 0 Å². The largest absolute Gasteiger partial charge is 0.486 e. The highest BCUT2D eigenvalue weighted by Crippen LogP contribution is 2.33. The maximum Gasteiger partial charge on any atom is 0.410 e. The number of aromatic nitrogens is 3. The molecular formula is C27H34N4O4. The molecular weight excluding hydrogens is 444 g/mol. The summed E-state index contributed by atoms with van der Waals surface area (Å²) in [5, 5.41) is 0. The molecule has 186 valence electrons. The molecule has 4 rings (SSSR count). The Balaban J connectivity index is 0.00000167. The van der Waals surface area contributed by atoms with E-state index in [1.54, 1.807) is 11.1 Å². The first kappa shape index (κ1) is 25.8. The predicted octanol–water partition coefficient (Wildman–Crippen LogP) is 6.58. The number of nitrogens with one attached hydrogen (secondary N) is 1. The van der Waals surface area contributed by atoms with Crippen LogP contribution in [0.1, 0.15) is 52.9 Å². The fourth-order valence-electron chi connectivity index (χ4n) is 3.38. The summed E-state index contributed by atoms with van der Waals surface area (Å²) in [6.07, 6.45) is 2.75. The van der Waals surface area contributed by atoms with Crippen LogP contribution in [0.4, 0.5) is 4.79 Å². The second-order valence-electron chi connectivity index (χ2n) is 8.65. The summed E-state index contributed by atoms with van der Waals surface area (Å²) in [6.45, 7) is 12.7. The molecule has 0 aliphatic rings. The molecule has 35 heavy (non-hydrogen) atoms. The lowest BCUT2D eigenvalue weighted by Gasteiger charge is -2.25. The molecule has 1 N–H and O–H groups in total. The van der Waals surface area contributed by atoms with Crippen LogP contribution in [-0.4, -0.2) is 38.1 Å². The number of oxazole rings is 1. The second-order valence-corrected chi connectivity index (χ2v) is 8.65. The van der Waals surface area contributed by atoms with Gasteiger partial charge in [0, 0.05) is 12.1 Å². The summed E-state index contributed by atoms with van der Waals surface area (Å²) in [5.74, 6) is 1.29. The monoisotopic (exact) mass is 478 g/mol. The molecule has 8 nitrogen and oxygen atoms in total. The van der Waals surface area contributed by atoms with Gasteiger partial charge < -0.3 is 23.8 Å². The van der Waals surface area contributed by atoms with Crippen molar-refractivity contribution in [1.29, 1.82) is 0 Å². The Kier molecular flexibility index (Phi) is 8.52. The summed E-state index contributed by atoms with van der Waals surface area (Å²) < 4.78 is 17.1. The van der Waals surface area contributed by atoms with E-state index in [2.05, 4.69) is 15.0 Å². The van der Waals surface area contributed by atoms with Crippen LogP contribution >= 0.6 is 0 Å². The molecule has 2 heterocycles. The Morgan fingerprint density at radius 1 is 1.09 bits per heavy atom. The van der Waals surface area contributed by atoms with E-state index in [1.807, 2.05) is 84.0 Å². The van der Waals surface area contributed by atoms with Gasteiger partial charge in [0.2, 0.25) is 0 Å². The third-order valence-corrected chi connectivity index (χ3v) is 4.98. The third kappa shape index (κ3) is 6.62. The SMILES string of the molecule is CC.CCN(Cc1ncc(-c2ccc(OCc3ccccc3)c3ncoc23)[nH]1)C(=O)OC(C)(C)C. The van der Waals surface area contributed by atoms with Gasteiger partial charge in [-0.25, -0.2) is 14.8 Å². The Morgan fingerprint density at radius 3 is 2.51 bits per heavy atom. The molecule has 8 heteroatoms. The lowest BCUT2D eigenvalue weighted by atomic mass is 10.1. The molecule has 0 spiro atoms. The summed E-state index contributed by atoms with van der Waals surface area (Å²) in [5.41, 5.74) is 3.34. The lowest BCUT2D eigenvalue weighted by molar-refractivity contribution is 0.0240. The van der Waals surface area contributed by atoms with Crippen molar-refractivity contribution in [1.82, 2.24) is 19.9 Å². The highest BCUT2D eigenvalue weighted by molar-refractivity contribution is 5.92. The number of nitrogens with zero attached hydrogens (tertiary/aromatic N) is 3. The van der Waals surface area contributed by atoms with Gasteiger partial charge in [0.15, 0.2) is 17.5 Å². The van der Waals surface area contributed by atoms with Gasteiger partial charge >= 0.3 is 6.09 Å². The van der Waals surface area contributed by atoms with Crippen LogP contribution in [0.5, 0.6) is 5.75 Å². The van der Waals surface area contributed by atoms with Crippen molar-refractivity contribution in [2.24, 2.45) is 0 Å². The molecule has 0 unspecified atom stereocenters. The molecule has 0 aliphatic carbocycles.